The van der Waals surface area contributed by atoms with Gasteiger partial charge in [-0.05, 0) is 22.9 Å². The average Bonchev–Trinajstić information content (AvgIpc) is 2.67. The Morgan fingerprint density at radius 1 is 1.44 bits per heavy atom. The zero-order chi connectivity index (χ0) is 11.5. The van der Waals surface area contributed by atoms with E-state index < -0.39 is 0 Å². The Bertz CT molecular complexity index is 498. The summed E-state index contributed by atoms with van der Waals surface area (Å²) in [4.78, 5) is 13.3. The highest BCUT2D eigenvalue weighted by molar-refractivity contribution is 9.10. The number of halogens is 1. The summed E-state index contributed by atoms with van der Waals surface area (Å²) in [5.41, 5.74) is 6.45. The van der Waals surface area contributed by atoms with E-state index in [-0.39, 0.29) is 0 Å². The van der Waals surface area contributed by atoms with Gasteiger partial charge in [-0.25, -0.2) is 15.0 Å². The Labute approximate surface area is 105 Å². The summed E-state index contributed by atoms with van der Waals surface area (Å²) in [6.45, 7) is 2.57. The predicted molar refractivity (Wildman–Crippen MR) is 68.3 cm³/mol. The van der Waals surface area contributed by atoms with Crippen LogP contribution >= 0.6 is 27.3 Å². The first-order chi connectivity index (χ1) is 7.66. The zero-order valence-electron chi connectivity index (χ0n) is 8.57. The van der Waals surface area contributed by atoms with E-state index in [1.807, 2.05) is 6.92 Å². The van der Waals surface area contributed by atoms with Crippen LogP contribution in [0.4, 0.5) is 10.9 Å². The molecule has 2 aromatic heterocycles. The molecule has 0 spiro atoms. The fraction of sp³-hybridized carbons (Fsp3) is 0.222. The minimum absolute atomic E-state index is 0.578. The molecule has 0 saturated heterocycles. The quantitative estimate of drug-likeness (QED) is 0.908. The molecule has 7 heteroatoms. The molecule has 16 heavy (non-hydrogen) atoms. The third kappa shape index (κ3) is 2.48. The van der Waals surface area contributed by atoms with Crippen molar-refractivity contribution in [3.8, 4) is 0 Å². The molecule has 3 N–H and O–H groups in total. The Morgan fingerprint density at radius 3 is 2.94 bits per heavy atom. The Kier molecular flexibility index (Phi) is 3.35. The van der Waals surface area contributed by atoms with Crippen molar-refractivity contribution in [3.63, 3.8) is 0 Å². The number of aromatic nitrogens is 3. The van der Waals surface area contributed by atoms with Crippen LogP contribution in [0.3, 0.4) is 0 Å². The van der Waals surface area contributed by atoms with Gasteiger partial charge in [-0.2, -0.15) is 0 Å². The first-order valence-electron chi connectivity index (χ1n) is 4.58. The number of rotatable bonds is 3. The second kappa shape index (κ2) is 4.75. The predicted octanol–water partition coefficient (Wildman–Crippen LogP) is 2.20. The van der Waals surface area contributed by atoms with E-state index in [1.165, 1.54) is 17.7 Å². The summed E-state index contributed by atoms with van der Waals surface area (Å²) in [6.07, 6.45) is 3.29. The van der Waals surface area contributed by atoms with Crippen molar-refractivity contribution in [1.29, 1.82) is 0 Å². The molecule has 0 bridgehead atoms. The monoisotopic (exact) mass is 299 g/mol. The lowest BCUT2D eigenvalue weighted by molar-refractivity contribution is 1.05. The zero-order valence-corrected chi connectivity index (χ0v) is 11.0. The average molecular weight is 300 g/mol. The summed E-state index contributed by atoms with van der Waals surface area (Å²) in [7, 11) is 0. The number of nitrogen functional groups attached to an aromatic ring is 1. The van der Waals surface area contributed by atoms with Gasteiger partial charge in [0, 0.05) is 11.1 Å². The third-order valence-electron chi connectivity index (χ3n) is 1.97. The molecule has 2 heterocycles. The molecule has 2 rings (SSSR count). The summed E-state index contributed by atoms with van der Waals surface area (Å²) < 4.78 is 0.882. The first-order valence-corrected chi connectivity index (χ1v) is 6.19. The molecular weight excluding hydrogens is 290 g/mol. The molecule has 84 valence electrons. The summed E-state index contributed by atoms with van der Waals surface area (Å²) in [5.74, 6) is 0.777. The van der Waals surface area contributed by atoms with Gasteiger partial charge in [-0.15, -0.1) is 11.3 Å². The smallest absolute Gasteiger partial charge is 0.180 e. The number of anilines is 2. The van der Waals surface area contributed by atoms with Crippen molar-refractivity contribution in [3.05, 3.63) is 27.6 Å². The fourth-order valence-electron chi connectivity index (χ4n) is 1.16. The Hall–Kier alpha value is -1.21. The highest BCUT2D eigenvalue weighted by atomic mass is 79.9. The summed E-state index contributed by atoms with van der Waals surface area (Å²) >= 11 is 4.90. The minimum atomic E-state index is 0.578. The van der Waals surface area contributed by atoms with Crippen LogP contribution in [-0.2, 0) is 6.54 Å². The van der Waals surface area contributed by atoms with Crippen molar-refractivity contribution in [2.75, 3.05) is 11.1 Å². The number of nitrogens with one attached hydrogen (secondary N) is 1. The molecule has 0 aromatic carbocycles. The molecular formula is C9H10BrN5S. The lowest BCUT2D eigenvalue weighted by atomic mass is 10.4. The maximum atomic E-state index is 5.55. The fourth-order valence-corrected chi connectivity index (χ4v) is 2.13. The second-order valence-corrected chi connectivity index (χ2v) is 5.08. The van der Waals surface area contributed by atoms with Gasteiger partial charge in [-0.3, -0.25) is 0 Å². The third-order valence-corrected chi connectivity index (χ3v) is 3.74. The molecule has 5 nitrogen and oxygen atoms in total. The largest absolute Gasteiger partial charge is 0.375 e. The molecule has 0 unspecified atom stereocenters. The van der Waals surface area contributed by atoms with Gasteiger partial charge < -0.3 is 11.1 Å². The minimum Gasteiger partial charge on any atom is -0.375 e. The first kappa shape index (κ1) is 11.3. The van der Waals surface area contributed by atoms with E-state index in [1.54, 1.807) is 6.20 Å². The molecule has 0 saturated carbocycles. The van der Waals surface area contributed by atoms with Crippen LogP contribution in [0.15, 0.2) is 17.0 Å². The highest BCUT2D eigenvalue weighted by Crippen LogP contribution is 2.23. The number of hydrogen-bond acceptors (Lipinski definition) is 6. The van der Waals surface area contributed by atoms with E-state index in [0.29, 0.717) is 11.7 Å². The van der Waals surface area contributed by atoms with Gasteiger partial charge in [0.25, 0.3) is 0 Å². The van der Waals surface area contributed by atoms with Crippen molar-refractivity contribution < 1.29 is 0 Å². The van der Waals surface area contributed by atoms with Crippen LogP contribution in [0.2, 0.25) is 0 Å². The lowest BCUT2D eigenvalue weighted by Gasteiger charge is -2.06. The van der Waals surface area contributed by atoms with Crippen molar-refractivity contribution in [2.24, 2.45) is 0 Å². The van der Waals surface area contributed by atoms with Gasteiger partial charge >= 0.3 is 0 Å². The number of thiazole rings is 1. The SMILES string of the molecule is Cc1ncnc(NCc2cnc(N)s2)c1Br. The van der Waals surface area contributed by atoms with Gasteiger partial charge in [-0.1, -0.05) is 0 Å². The summed E-state index contributed by atoms with van der Waals surface area (Å²) in [5, 5.41) is 3.78. The molecule has 0 aliphatic rings. The molecule has 0 aliphatic carbocycles. The van der Waals surface area contributed by atoms with Gasteiger partial charge in [0.05, 0.1) is 16.7 Å². The lowest BCUT2D eigenvalue weighted by Crippen LogP contribution is -2.02. The number of nitrogens with zero attached hydrogens (tertiary/aromatic N) is 3. The molecule has 0 radical (unpaired) electrons. The van der Waals surface area contributed by atoms with E-state index in [4.69, 9.17) is 5.73 Å². The molecule has 0 atom stereocenters. The van der Waals surface area contributed by atoms with Crippen LogP contribution < -0.4 is 11.1 Å². The number of aryl methyl sites for hydroxylation is 1. The van der Waals surface area contributed by atoms with Gasteiger partial charge in [0.1, 0.15) is 12.1 Å². The van der Waals surface area contributed by atoms with Crippen molar-refractivity contribution in [2.45, 2.75) is 13.5 Å². The van der Waals surface area contributed by atoms with Crippen LogP contribution in [-0.4, -0.2) is 15.0 Å². The molecule has 0 amide bonds. The molecule has 0 fully saturated rings. The van der Waals surface area contributed by atoms with E-state index >= 15 is 0 Å². The second-order valence-electron chi connectivity index (χ2n) is 3.14. The maximum absolute atomic E-state index is 5.55. The van der Waals surface area contributed by atoms with Crippen LogP contribution in [0.1, 0.15) is 10.6 Å². The van der Waals surface area contributed by atoms with Gasteiger partial charge in [0.2, 0.25) is 0 Å². The normalized spacial score (nSPS) is 10.4. The van der Waals surface area contributed by atoms with E-state index in [9.17, 15) is 0 Å². The van der Waals surface area contributed by atoms with E-state index in [2.05, 4.69) is 36.2 Å². The Balaban J connectivity index is 2.07. The number of hydrogen-bond donors (Lipinski definition) is 2. The molecule has 2 aromatic rings. The number of nitrogens with two attached hydrogens (primary N) is 1. The molecule has 0 aliphatic heterocycles. The van der Waals surface area contributed by atoms with Crippen LogP contribution in [0, 0.1) is 6.92 Å². The highest BCUT2D eigenvalue weighted by Gasteiger charge is 2.05. The standard InChI is InChI=1S/C9H10BrN5S/c1-5-7(10)8(15-4-14-5)12-2-6-3-13-9(11)16-6/h3-4H,2H2,1H3,(H2,11,13)(H,12,14,15). The topological polar surface area (TPSA) is 76.7 Å². The Morgan fingerprint density at radius 2 is 2.25 bits per heavy atom. The summed E-state index contributed by atoms with van der Waals surface area (Å²) in [6, 6.07) is 0. The van der Waals surface area contributed by atoms with Gasteiger partial charge in [0.15, 0.2) is 5.13 Å². The van der Waals surface area contributed by atoms with E-state index in [0.717, 1.165) is 20.9 Å². The van der Waals surface area contributed by atoms with Crippen molar-refractivity contribution in [1.82, 2.24) is 15.0 Å². The van der Waals surface area contributed by atoms with Crippen LogP contribution in [0.5, 0.6) is 0 Å². The van der Waals surface area contributed by atoms with Crippen LogP contribution in [0.25, 0.3) is 0 Å². The van der Waals surface area contributed by atoms with Crippen molar-refractivity contribution >= 4 is 38.2 Å². The maximum Gasteiger partial charge on any atom is 0.180 e.